The summed E-state index contributed by atoms with van der Waals surface area (Å²) < 4.78 is 0. The van der Waals surface area contributed by atoms with E-state index in [4.69, 9.17) is 5.73 Å². The van der Waals surface area contributed by atoms with Gasteiger partial charge in [-0.1, -0.05) is 0 Å². The van der Waals surface area contributed by atoms with Crippen LogP contribution in [0.1, 0.15) is 26.2 Å². The van der Waals surface area contributed by atoms with Gasteiger partial charge in [-0.15, -0.1) is 0 Å². The minimum atomic E-state index is -0.0452. The van der Waals surface area contributed by atoms with Crippen LogP contribution < -0.4 is 11.1 Å². The molecule has 0 spiro atoms. The van der Waals surface area contributed by atoms with Crippen LogP contribution in [0, 0.1) is 0 Å². The first-order valence-electron chi connectivity index (χ1n) is 5.32. The Balaban J connectivity index is 1.99. The predicted molar refractivity (Wildman–Crippen MR) is 56.9 cm³/mol. The number of rotatable bonds is 6. The van der Waals surface area contributed by atoms with Crippen LogP contribution in [0.5, 0.6) is 0 Å². The van der Waals surface area contributed by atoms with E-state index in [-0.39, 0.29) is 11.9 Å². The summed E-state index contributed by atoms with van der Waals surface area (Å²) in [5.41, 5.74) is 5.51. The number of nitrogens with two attached hydrogens (primary N) is 1. The molecule has 1 saturated carbocycles. The molecule has 1 atom stereocenters. The van der Waals surface area contributed by atoms with Crippen molar-refractivity contribution in [2.45, 2.75) is 38.3 Å². The van der Waals surface area contributed by atoms with Gasteiger partial charge in [0.2, 0.25) is 5.91 Å². The second kappa shape index (κ2) is 5.32. The van der Waals surface area contributed by atoms with Crippen LogP contribution in [-0.4, -0.2) is 43.0 Å². The topological polar surface area (TPSA) is 58.4 Å². The SMILES string of the molecule is CC(N)CC(=O)NCCN(C)C1CC1. The van der Waals surface area contributed by atoms with E-state index in [9.17, 15) is 4.79 Å². The van der Waals surface area contributed by atoms with Gasteiger partial charge in [0.1, 0.15) is 0 Å². The molecule has 4 heteroatoms. The molecule has 82 valence electrons. The fraction of sp³-hybridized carbons (Fsp3) is 0.900. The van der Waals surface area contributed by atoms with E-state index < -0.39 is 0 Å². The van der Waals surface area contributed by atoms with Gasteiger partial charge in [0.15, 0.2) is 0 Å². The van der Waals surface area contributed by atoms with Crippen molar-refractivity contribution in [3.63, 3.8) is 0 Å². The van der Waals surface area contributed by atoms with Crippen LogP contribution in [0.2, 0.25) is 0 Å². The molecule has 0 aliphatic heterocycles. The maximum Gasteiger partial charge on any atom is 0.221 e. The molecule has 0 heterocycles. The summed E-state index contributed by atoms with van der Waals surface area (Å²) in [6, 6.07) is 0.719. The van der Waals surface area contributed by atoms with E-state index in [1.54, 1.807) is 0 Å². The number of amides is 1. The molecule has 1 fully saturated rings. The summed E-state index contributed by atoms with van der Waals surface area (Å²) in [6.07, 6.45) is 3.04. The third-order valence-corrected chi connectivity index (χ3v) is 2.46. The molecule has 1 rings (SSSR count). The Morgan fingerprint density at radius 2 is 2.29 bits per heavy atom. The summed E-state index contributed by atoms with van der Waals surface area (Å²) in [5, 5.41) is 2.87. The zero-order chi connectivity index (χ0) is 10.6. The summed E-state index contributed by atoms with van der Waals surface area (Å²) >= 11 is 0. The number of carbonyl (C=O) groups excluding carboxylic acids is 1. The Bertz CT molecular complexity index is 190. The van der Waals surface area contributed by atoms with E-state index in [0.717, 1.165) is 19.1 Å². The monoisotopic (exact) mass is 199 g/mol. The lowest BCUT2D eigenvalue weighted by molar-refractivity contribution is -0.121. The van der Waals surface area contributed by atoms with Crippen molar-refractivity contribution < 1.29 is 4.79 Å². The highest BCUT2D eigenvalue weighted by Gasteiger charge is 2.25. The normalized spacial score (nSPS) is 18.3. The fourth-order valence-corrected chi connectivity index (χ4v) is 1.43. The van der Waals surface area contributed by atoms with E-state index in [1.165, 1.54) is 12.8 Å². The van der Waals surface area contributed by atoms with E-state index in [1.807, 2.05) is 6.92 Å². The quantitative estimate of drug-likeness (QED) is 0.630. The van der Waals surface area contributed by atoms with Gasteiger partial charge in [-0.2, -0.15) is 0 Å². The predicted octanol–water partition coefficient (Wildman–Crippen LogP) is -0.0659. The summed E-state index contributed by atoms with van der Waals surface area (Å²) in [4.78, 5) is 13.5. The van der Waals surface area contributed by atoms with Gasteiger partial charge in [-0.25, -0.2) is 0 Å². The fourth-order valence-electron chi connectivity index (χ4n) is 1.43. The molecule has 0 saturated heterocycles. The van der Waals surface area contributed by atoms with Gasteiger partial charge in [0, 0.05) is 31.6 Å². The van der Waals surface area contributed by atoms with Gasteiger partial charge in [-0.05, 0) is 26.8 Å². The zero-order valence-electron chi connectivity index (χ0n) is 9.12. The first-order chi connectivity index (χ1) is 6.59. The van der Waals surface area contributed by atoms with Crippen LogP contribution in [0.15, 0.2) is 0 Å². The van der Waals surface area contributed by atoms with Crippen molar-refractivity contribution in [1.82, 2.24) is 10.2 Å². The molecule has 1 unspecified atom stereocenters. The third-order valence-electron chi connectivity index (χ3n) is 2.46. The number of nitrogens with zero attached hydrogens (tertiary/aromatic N) is 1. The van der Waals surface area contributed by atoms with Crippen molar-refractivity contribution in [1.29, 1.82) is 0 Å². The van der Waals surface area contributed by atoms with Crippen molar-refractivity contribution in [3.05, 3.63) is 0 Å². The Morgan fingerprint density at radius 1 is 1.64 bits per heavy atom. The second-order valence-corrected chi connectivity index (χ2v) is 4.24. The lowest BCUT2D eigenvalue weighted by Crippen LogP contribution is -2.36. The Hall–Kier alpha value is -0.610. The Kier molecular flexibility index (Phi) is 4.35. The van der Waals surface area contributed by atoms with E-state index in [2.05, 4.69) is 17.3 Å². The maximum atomic E-state index is 11.2. The average molecular weight is 199 g/mol. The van der Waals surface area contributed by atoms with Crippen LogP contribution in [0.3, 0.4) is 0 Å². The summed E-state index contributed by atoms with van der Waals surface area (Å²) in [5.74, 6) is 0.0594. The molecule has 0 aromatic rings. The standard InChI is InChI=1S/C10H21N3O/c1-8(11)7-10(14)12-5-6-13(2)9-3-4-9/h8-9H,3-7,11H2,1-2H3,(H,12,14). The van der Waals surface area contributed by atoms with Crippen molar-refractivity contribution >= 4 is 5.91 Å². The molecule has 0 bridgehead atoms. The molecule has 1 aliphatic carbocycles. The first kappa shape index (κ1) is 11.5. The van der Waals surface area contributed by atoms with Crippen molar-refractivity contribution in [3.8, 4) is 0 Å². The van der Waals surface area contributed by atoms with E-state index in [0.29, 0.717) is 6.42 Å². The van der Waals surface area contributed by atoms with Crippen molar-refractivity contribution in [2.75, 3.05) is 20.1 Å². The highest BCUT2D eigenvalue weighted by atomic mass is 16.1. The van der Waals surface area contributed by atoms with Gasteiger partial charge < -0.3 is 16.0 Å². The van der Waals surface area contributed by atoms with Gasteiger partial charge in [0.05, 0.1) is 0 Å². The van der Waals surface area contributed by atoms with Crippen LogP contribution >= 0.6 is 0 Å². The molecule has 0 radical (unpaired) electrons. The van der Waals surface area contributed by atoms with Gasteiger partial charge in [0.25, 0.3) is 0 Å². The lowest BCUT2D eigenvalue weighted by Gasteiger charge is -2.15. The maximum absolute atomic E-state index is 11.2. The van der Waals surface area contributed by atoms with Crippen LogP contribution in [-0.2, 0) is 4.79 Å². The Morgan fingerprint density at radius 3 is 2.79 bits per heavy atom. The molecular weight excluding hydrogens is 178 g/mol. The minimum absolute atomic E-state index is 0.0452. The minimum Gasteiger partial charge on any atom is -0.355 e. The van der Waals surface area contributed by atoms with Gasteiger partial charge >= 0.3 is 0 Å². The number of nitrogens with one attached hydrogen (secondary N) is 1. The average Bonchev–Trinajstić information content (AvgIpc) is 2.84. The molecular formula is C10H21N3O. The molecule has 0 aromatic heterocycles. The molecule has 1 amide bonds. The molecule has 14 heavy (non-hydrogen) atoms. The molecule has 3 N–H and O–H groups in total. The summed E-state index contributed by atoms with van der Waals surface area (Å²) in [6.45, 7) is 3.52. The number of hydrogen-bond donors (Lipinski definition) is 2. The molecule has 1 aliphatic rings. The number of likely N-dealkylation sites (N-methyl/N-ethyl adjacent to an activating group) is 1. The summed E-state index contributed by atoms with van der Waals surface area (Å²) in [7, 11) is 2.11. The lowest BCUT2D eigenvalue weighted by atomic mass is 10.2. The first-order valence-corrected chi connectivity index (χ1v) is 5.32. The second-order valence-electron chi connectivity index (χ2n) is 4.24. The highest BCUT2D eigenvalue weighted by Crippen LogP contribution is 2.24. The third kappa shape index (κ3) is 4.58. The molecule has 4 nitrogen and oxygen atoms in total. The number of carbonyl (C=O) groups is 1. The molecule has 0 aromatic carbocycles. The zero-order valence-corrected chi connectivity index (χ0v) is 9.12. The van der Waals surface area contributed by atoms with Crippen LogP contribution in [0.25, 0.3) is 0 Å². The largest absolute Gasteiger partial charge is 0.355 e. The van der Waals surface area contributed by atoms with Crippen LogP contribution in [0.4, 0.5) is 0 Å². The highest BCUT2D eigenvalue weighted by molar-refractivity contribution is 5.76. The Labute approximate surface area is 85.8 Å². The van der Waals surface area contributed by atoms with Crippen molar-refractivity contribution in [2.24, 2.45) is 5.73 Å². The van der Waals surface area contributed by atoms with E-state index >= 15 is 0 Å². The number of hydrogen-bond acceptors (Lipinski definition) is 3. The van der Waals surface area contributed by atoms with Gasteiger partial charge in [-0.3, -0.25) is 4.79 Å². The smallest absolute Gasteiger partial charge is 0.221 e.